The Labute approximate surface area is 127 Å². The summed E-state index contributed by atoms with van der Waals surface area (Å²) in [6, 6.07) is 16.8. The molecule has 1 unspecified atom stereocenters. The Morgan fingerprint density at radius 3 is 2.44 bits per heavy atom. The smallest absolute Gasteiger partial charge is 0.0478 e. The highest BCUT2D eigenvalue weighted by atomic mass is 127. The predicted octanol–water partition coefficient (Wildman–Crippen LogP) is 4.99. The van der Waals surface area contributed by atoms with Crippen LogP contribution in [0.4, 0.5) is 5.69 Å². The summed E-state index contributed by atoms with van der Waals surface area (Å²) in [5.41, 5.74) is 2.49. The molecule has 0 spiro atoms. The molecule has 0 saturated heterocycles. The summed E-state index contributed by atoms with van der Waals surface area (Å²) < 4.78 is 1.25. The zero-order chi connectivity index (χ0) is 13.0. The largest absolute Gasteiger partial charge is 0.381 e. The second-order valence-corrected chi connectivity index (χ2v) is 5.95. The van der Waals surface area contributed by atoms with Gasteiger partial charge in [-0.25, -0.2) is 0 Å². The number of rotatable bonds is 4. The zero-order valence-electron chi connectivity index (χ0n) is 10.2. The first-order valence-electron chi connectivity index (χ1n) is 5.90. The standard InChI is InChI=1S/C15H15ClIN/c1-11(10-12-6-8-13(16)9-7-12)18-15-5-3-2-4-14(15)17/h2-9,11,18H,10H2,1H3. The lowest BCUT2D eigenvalue weighted by Crippen LogP contribution is -2.18. The van der Waals surface area contributed by atoms with Gasteiger partial charge in [0.2, 0.25) is 0 Å². The van der Waals surface area contributed by atoms with Gasteiger partial charge in [0.25, 0.3) is 0 Å². The number of benzene rings is 2. The molecule has 1 atom stereocenters. The van der Waals surface area contributed by atoms with Crippen LogP contribution < -0.4 is 5.32 Å². The Hall–Kier alpha value is -0.740. The van der Waals surface area contributed by atoms with Gasteiger partial charge in [-0.2, -0.15) is 0 Å². The summed E-state index contributed by atoms with van der Waals surface area (Å²) >= 11 is 8.23. The van der Waals surface area contributed by atoms with Crippen molar-refractivity contribution in [2.75, 3.05) is 5.32 Å². The minimum absolute atomic E-state index is 0.391. The van der Waals surface area contributed by atoms with Gasteiger partial charge in [0, 0.05) is 20.3 Å². The molecule has 2 aromatic carbocycles. The second kappa shape index (κ2) is 6.43. The van der Waals surface area contributed by atoms with Crippen LogP contribution in [0.5, 0.6) is 0 Å². The first-order chi connectivity index (χ1) is 8.65. The summed E-state index contributed by atoms with van der Waals surface area (Å²) in [4.78, 5) is 0. The van der Waals surface area contributed by atoms with Crippen molar-refractivity contribution in [2.24, 2.45) is 0 Å². The van der Waals surface area contributed by atoms with Gasteiger partial charge < -0.3 is 5.32 Å². The summed E-state index contributed by atoms with van der Waals surface area (Å²) in [7, 11) is 0. The van der Waals surface area contributed by atoms with Crippen LogP contribution in [0, 0.1) is 3.57 Å². The Morgan fingerprint density at radius 1 is 1.11 bits per heavy atom. The Morgan fingerprint density at radius 2 is 1.78 bits per heavy atom. The van der Waals surface area contributed by atoms with E-state index in [9.17, 15) is 0 Å². The monoisotopic (exact) mass is 371 g/mol. The first-order valence-corrected chi connectivity index (χ1v) is 7.36. The molecule has 18 heavy (non-hydrogen) atoms. The maximum Gasteiger partial charge on any atom is 0.0478 e. The van der Waals surface area contributed by atoms with Crippen molar-refractivity contribution in [3.8, 4) is 0 Å². The molecular weight excluding hydrogens is 357 g/mol. The van der Waals surface area contributed by atoms with Crippen molar-refractivity contribution in [1.82, 2.24) is 0 Å². The molecule has 0 amide bonds. The lowest BCUT2D eigenvalue weighted by Gasteiger charge is -2.16. The first kappa shape index (κ1) is 13.7. The number of hydrogen-bond donors (Lipinski definition) is 1. The molecule has 0 heterocycles. The molecule has 0 bridgehead atoms. The molecule has 1 nitrogen and oxygen atoms in total. The van der Waals surface area contributed by atoms with Crippen molar-refractivity contribution in [3.63, 3.8) is 0 Å². The molecule has 94 valence electrons. The summed E-state index contributed by atoms with van der Waals surface area (Å²) in [5, 5.41) is 4.32. The van der Waals surface area contributed by atoms with E-state index in [1.807, 2.05) is 12.1 Å². The van der Waals surface area contributed by atoms with Crippen LogP contribution in [-0.2, 0) is 6.42 Å². The van der Waals surface area contributed by atoms with E-state index in [4.69, 9.17) is 11.6 Å². The average molecular weight is 372 g/mol. The Kier molecular flexibility index (Phi) is 4.89. The fraction of sp³-hybridized carbons (Fsp3) is 0.200. The molecule has 0 fully saturated rings. The fourth-order valence-electron chi connectivity index (χ4n) is 1.87. The number of para-hydroxylation sites is 1. The maximum atomic E-state index is 5.88. The van der Waals surface area contributed by atoms with E-state index in [1.54, 1.807) is 0 Å². The van der Waals surface area contributed by atoms with Crippen LogP contribution in [0.25, 0.3) is 0 Å². The molecular formula is C15H15ClIN. The quantitative estimate of drug-likeness (QED) is 0.747. The van der Waals surface area contributed by atoms with E-state index in [2.05, 4.69) is 71.2 Å². The number of halogens is 2. The van der Waals surface area contributed by atoms with Crippen molar-refractivity contribution >= 4 is 39.9 Å². The van der Waals surface area contributed by atoms with Gasteiger partial charge in [0.1, 0.15) is 0 Å². The molecule has 3 heteroatoms. The molecule has 0 radical (unpaired) electrons. The van der Waals surface area contributed by atoms with Crippen LogP contribution in [0.2, 0.25) is 5.02 Å². The third-order valence-electron chi connectivity index (χ3n) is 2.73. The third kappa shape index (κ3) is 3.89. The van der Waals surface area contributed by atoms with Gasteiger partial charge in [-0.3, -0.25) is 0 Å². The minimum Gasteiger partial charge on any atom is -0.381 e. The molecule has 0 saturated carbocycles. The summed E-state index contributed by atoms with van der Waals surface area (Å²) in [6.07, 6.45) is 0.988. The normalized spacial score (nSPS) is 12.2. The van der Waals surface area contributed by atoms with Crippen molar-refractivity contribution < 1.29 is 0 Å². The molecule has 2 aromatic rings. The van der Waals surface area contributed by atoms with Gasteiger partial charge in [0.15, 0.2) is 0 Å². The molecule has 0 aliphatic rings. The lowest BCUT2D eigenvalue weighted by molar-refractivity contribution is 0.789. The Bertz CT molecular complexity index is 510. The van der Waals surface area contributed by atoms with E-state index < -0.39 is 0 Å². The summed E-state index contributed by atoms with van der Waals surface area (Å²) in [6.45, 7) is 2.19. The van der Waals surface area contributed by atoms with E-state index in [0.717, 1.165) is 11.4 Å². The SMILES string of the molecule is CC(Cc1ccc(Cl)cc1)Nc1ccccc1I. The number of nitrogens with one attached hydrogen (secondary N) is 1. The molecule has 0 aliphatic heterocycles. The van der Waals surface area contributed by atoms with Crippen molar-refractivity contribution in [1.29, 1.82) is 0 Å². The van der Waals surface area contributed by atoms with Crippen LogP contribution in [0.1, 0.15) is 12.5 Å². The zero-order valence-corrected chi connectivity index (χ0v) is 13.1. The summed E-state index contributed by atoms with van der Waals surface area (Å²) in [5.74, 6) is 0. The highest BCUT2D eigenvalue weighted by molar-refractivity contribution is 14.1. The van der Waals surface area contributed by atoms with E-state index >= 15 is 0 Å². The molecule has 0 aliphatic carbocycles. The fourth-order valence-corrected chi connectivity index (χ4v) is 2.54. The highest BCUT2D eigenvalue weighted by Gasteiger charge is 2.05. The van der Waals surface area contributed by atoms with Crippen LogP contribution in [-0.4, -0.2) is 6.04 Å². The van der Waals surface area contributed by atoms with Gasteiger partial charge >= 0.3 is 0 Å². The van der Waals surface area contributed by atoms with E-state index in [1.165, 1.54) is 14.8 Å². The molecule has 0 aromatic heterocycles. The number of hydrogen-bond acceptors (Lipinski definition) is 1. The van der Waals surface area contributed by atoms with Crippen LogP contribution >= 0.6 is 34.2 Å². The van der Waals surface area contributed by atoms with E-state index in [0.29, 0.717) is 6.04 Å². The van der Waals surface area contributed by atoms with Gasteiger partial charge in [-0.15, -0.1) is 0 Å². The van der Waals surface area contributed by atoms with Crippen molar-refractivity contribution in [2.45, 2.75) is 19.4 Å². The topological polar surface area (TPSA) is 12.0 Å². The Balaban J connectivity index is 1.99. The van der Waals surface area contributed by atoms with Crippen LogP contribution in [0.3, 0.4) is 0 Å². The van der Waals surface area contributed by atoms with Gasteiger partial charge in [-0.1, -0.05) is 35.9 Å². The van der Waals surface area contributed by atoms with Crippen molar-refractivity contribution in [3.05, 3.63) is 62.7 Å². The third-order valence-corrected chi connectivity index (χ3v) is 3.92. The van der Waals surface area contributed by atoms with Gasteiger partial charge in [0.05, 0.1) is 0 Å². The average Bonchev–Trinajstić information content (AvgIpc) is 2.35. The van der Waals surface area contributed by atoms with Gasteiger partial charge in [-0.05, 0) is 65.8 Å². The minimum atomic E-state index is 0.391. The van der Waals surface area contributed by atoms with Crippen LogP contribution in [0.15, 0.2) is 48.5 Å². The highest BCUT2D eigenvalue weighted by Crippen LogP contribution is 2.19. The number of anilines is 1. The predicted molar refractivity (Wildman–Crippen MR) is 87.4 cm³/mol. The maximum absolute atomic E-state index is 5.88. The second-order valence-electron chi connectivity index (χ2n) is 4.36. The van der Waals surface area contributed by atoms with E-state index in [-0.39, 0.29) is 0 Å². The molecule has 1 N–H and O–H groups in total. The lowest BCUT2D eigenvalue weighted by atomic mass is 10.1. The molecule has 2 rings (SSSR count).